The Morgan fingerprint density at radius 2 is 1.50 bits per heavy atom. The van der Waals surface area contributed by atoms with E-state index in [1.165, 1.54) is 12.1 Å². The van der Waals surface area contributed by atoms with Crippen molar-refractivity contribution in [1.82, 2.24) is 0 Å². The van der Waals surface area contributed by atoms with Crippen LogP contribution in [0.15, 0.2) is 59.5 Å². The van der Waals surface area contributed by atoms with Crippen LogP contribution >= 0.6 is 15.6 Å². The maximum atomic E-state index is 12.3. The van der Waals surface area contributed by atoms with Crippen molar-refractivity contribution < 1.29 is 41.1 Å². The molecule has 1 atom stereocenters. The van der Waals surface area contributed by atoms with Crippen LogP contribution in [0.5, 0.6) is 0 Å². The normalized spacial score (nSPS) is 14.7. The summed E-state index contributed by atoms with van der Waals surface area (Å²) in [6.07, 6.45) is 0. The quantitative estimate of drug-likeness (QED) is 0.545. The lowest BCUT2D eigenvalue weighted by molar-refractivity contribution is 0.185. The largest absolute Gasteiger partial charge is 0.481 e. The lowest BCUT2D eigenvalue weighted by Gasteiger charge is -2.12. The zero-order valence-corrected chi connectivity index (χ0v) is 15.8. The molecule has 0 aliphatic heterocycles. The van der Waals surface area contributed by atoms with E-state index < -0.39 is 37.8 Å². The minimum absolute atomic E-state index is 0.0221. The summed E-state index contributed by atoms with van der Waals surface area (Å²) < 4.78 is 54.4. The molecule has 0 fully saturated rings. The highest BCUT2D eigenvalue weighted by molar-refractivity contribution is 7.91. The van der Waals surface area contributed by atoms with Gasteiger partial charge in [0.05, 0.1) is 17.3 Å². The van der Waals surface area contributed by atoms with E-state index in [-0.39, 0.29) is 4.90 Å². The molecule has 26 heavy (non-hydrogen) atoms. The van der Waals surface area contributed by atoms with E-state index in [0.29, 0.717) is 5.56 Å². The van der Waals surface area contributed by atoms with Crippen LogP contribution in [0.2, 0.25) is 0 Å². The van der Waals surface area contributed by atoms with E-state index in [0.717, 1.165) is 5.56 Å². The third-order valence-electron chi connectivity index (χ3n) is 3.12. The lowest BCUT2D eigenvalue weighted by atomic mass is 10.1. The maximum Gasteiger partial charge on any atom is 0.481 e. The van der Waals surface area contributed by atoms with Gasteiger partial charge in [-0.05, 0) is 23.3 Å². The Morgan fingerprint density at radius 1 is 0.885 bits per heavy atom. The van der Waals surface area contributed by atoms with E-state index in [2.05, 4.69) is 8.83 Å². The highest BCUT2D eigenvalue weighted by atomic mass is 32.2. The summed E-state index contributed by atoms with van der Waals surface area (Å²) in [5.41, 5.74) is 1.49. The van der Waals surface area contributed by atoms with Crippen molar-refractivity contribution in [3.8, 4) is 11.1 Å². The van der Waals surface area contributed by atoms with Crippen molar-refractivity contribution in [1.29, 1.82) is 0 Å². The van der Waals surface area contributed by atoms with Gasteiger partial charge < -0.3 is 14.7 Å². The van der Waals surface area contributed by atoms with Crippen molar-refractivity contribution in [2.24, 2.45) is 0 Å². The zero-order chi connectivity index (χ0) is 19.4. The van der Waals surface area contributed by atoms with Gasteiger partial charge >= 0.3 is 15.6 Å². The van der Waals surface area contributed by atoms with E-state index in [1.807, 2.05) is 30.3 Å². The Balaban J connectivity index is 2.09. The first-order valence-corrected chi connectivity index (χ1v) is 11.8. The topological polar surface area (TPSA) is 147 Å². The predicted octanol–water partition coefficient (Wildman–Crippen LogP) is 2.35. The molecule has 142 valence electrons. The van der Waals surface area contributed by atoms with Gasteiger partial charge in [-0.25, -0.2) is 17.5 Å². The maximum absolute atomic E-state index is 12.3. The third kappa shape index (κ3) is 6.42. The van der Waals surface area contributed by atoms with E-state index in [4.69, 9.17) is 14.7 Å². The predicted molar refractivity (Wildman–Crippen MR) is 92.8 cm³/mol. The van der Waals surface area contributed by atoms with Crippen LogP contribution in [0.1, 0.15) is 0 Å². The monoisotopic (exact) mass is 422 g/mol. The summed E-state index contributed by atoms with van der Waals surface area (Å²) in [4.78, 5) is 26.1. The molecule has 0 saturated heterocycles. The summed E-state index contributed by atoms with van der Waals surface area (Å²) in [5, 5.41) is 0. The number of sulfone groups is 1. The summed E-state index contributed by atoms with van der Waals surface area (Å²) in [6, 6.07) is 15.2. The molecule has 9 nitrogen and oxygen atoms in total. The van der Waals surface area contributed by atoms with Gasteiger partial charge in [0.15, 0.2) is 9.84 Å². The van der Waals surface area contributed by atoms with Gasteiger partial charge in [0, 0.05) is 0 Å². The molecule has 2 aromatic rings. The van der Waals surface area contributed by atoms with Crippen LogP contribution in [-0.2, 0) is 27.8 Å². The highest BCUT2D eigenvalue weighted by Crippen LogP contribution is 2.57. The second kappa shape index (κ2) is 8.12. The van der Waals surface area contributed by atoms with Crippen LogP contribution in [0.25, 0.3) is 11.1 Å². The molecule has 1 unspecified atom stereocenters. The fraction of sp³-hybridized carbons (Fsp3) is 0.143. The highest BCUT2D eigenvalue weighted by Gasteiger charge is 2.32. The molecule has 0 bridgehead atoms. The van der Waals surface area contributed by atoms with Crippen molar-refractivity contribution in [3.05, 3.63) is 54.6 Å². The molecular formula is C14H16O9P2S. The molecule has 0 saturated carbocycles. The molecule has 0 aliphatic carbocycles. The van der Waals surface area contributed by atoms with Gasteiger partial charge in [-0.15, -0.1) is 0 Å². The third-order valence-corrected chi connectivity index (χ3v) is 6.98. The van der Waals surface area contributed by atoms with E-state index in [9.17, 15) is 17.5 Å². The van der Waals surface area contributed by atoms with Crippen molar-refractivity contribution in [2.75, 3.05) is 12.4 Å². The second-order valence-corrected chi connectivity index (χ2v) is 10.0. The number of phosphoric ester groups is 1. The van der Waals surface area contributed by atoms with Gasteiger partial charge in [0.2, 0.25) is 0 Å². The minimum Gasteiger partial charge on any atom is -0.302 e. The molecule has 2 rings (SSSR count). The van der Waals surface area contributed by atoms with Crippen LogP contribution in [0.3, 0.4) is 0 Å². The SMILES string of the molecule is O=P(O)(O)OP(=O)(O)OCCS(=O)(=O)c1cccc(-c2ccccc2)c1. The molecule has 0 radical (unpaired) electrons. The number of benzene rings is 2. The molecule has 12 heteroatoms. The van der Waals surface area contributed by atoms with Gasteiger partial charge in [0.1, 0.15) is 0 Å². The molecule has 0 aromatic heterocycles. The second-order valence-electron chi connectivity index (χ2n) is 5.09. The first kappa shape index (κ1) is 21.0. The van der Waals surface area contributed by atoms with E-state index >= 15 is 0 Å². The Labute approximate surface area is 150 Å². The van der Waals surface area contributed by atoms with Gasteiger partial charge in [0.25, 0.3) is 0 Å². The summed E-state index contributed by atoms with van der Waals surface area (Å²) >= 11 is 0. The average Bonchev–Trinajstić information content (AvgIpc) is 2.53. The molecule has 0 aliphatic rings. The summed E-state index contributed by atoms with van der Waals surface area (Å²) in [5.74, 6) is -0.680. The van der Waals surface area contributed by atoms with Crippen LogP contribution < -0.4 is 0 Å². The van der Waals surface area contributed by atoms with Gasteiger partial charge in [-0.2, -0.15) is 4.31 Å². The standard InChI is InChI=1S/C14H16O9P2S/c15-24(16,17)23-25(18,19)22-9-10-26(20,21)14-8-4-7-13(11-14)12-5-2-1-3-6-12/h1-8,11H,9-10H2,(H,18,19)(H2,15,16,17). The van der Waals surface area contributed by atoms with E-state index in [1.54, 1.807) is 12.1 Å². The minimum atomic E-state index is -5.25. The van der Waals surface area contributed by atoms with Gasteiger partial charge in [-0.3, -0.25) is 4.52 Å². The number of rotatable bonds is 8. The lowest BCUT2D eigenvalue weighted by Crippen LogP contribution is -2.12. The van der Waals surface area contributed by atoms with Crippen LogP contribution in [0, 0.1) is 0 Å². The first-order chi connectivity index (χ1) is 12.0. The Kier molecular flexibility index (Phi) is 6.55. The average molecular weight is 422 g/mol. The summed E-state index contributed by atoms with van der Waals surface area (Å²) in [7, 11) is -14.2. The Bertz CT molecular complexity index is 953. The molecule has 0 heterocycles. The molecular weight excluding hydrogens is 406 g/mol. The fourth-order valence-electron chi connectivity index (χ4n) is 2.04. The summed E-state index contributed by atoms with van der Waals surface area (Å²) in [6.45, 7) is -0.786. The Hall–Kier alpha value is -1.35. The number of hydrogen-bond donors (Lipinski definition) is 3. The van der Waals surface area contributed by atoms with Crippen molar-refractivity contribution >= 4 is 25.5 Å². The molecule has 0 spiro atoms. The van der Waals surface area contributed by atoms with Crippen molar-refractivity contribution in [2.45, 2.75) is 4.90 Å². The molecule has 2 aromatic carbocycles. The molecule has 3 N–H and O–H groups in total. The zero-order valence-electron chi connectivity index (χ0n) is 13.2. The first-order valence-electron chi connectivity index (χ1n) is 7.11. The fourth-order valence-corrected chi connectivity index (χ4v) is 4.88. The number of phosphoric acid groups is 2. The molecule has 0 amide bonds. The van der Waals surface area contributed by atoms with Crippen molar-refractivity contribution in [3.63, 3.8) is 0 Å². The smallest absolute Gasteiger partial charge is 0.302 e. The Morgan fingerprint density at radius 3 is 2.12 bits per heavy atom. The van der Waals surface area contributed by atoms with Crippen LogP contribution in [-0.4, -0.2) is 35.5 Å². The van der Waals surface area contributed by atoms with Crippen LogP contribution in [0.4, 0.5) is 0 Å². The van der Waals surface area contributed by atoms with Gasteiger partial charge in [-0.1, -0.05) is 42.5 Å². The number of hydrogen-bond acceptors (Lipinski definition) is 6.